The Balaban J connectivity index is 2.28. The van der Waals surface area contributed by atoms with E-state index in [4.69, 9.17) is 18.0 Å². The maximum Gasteiger partial charge on any atom is 0.500 e. The molecule has 0 bridgehead atoms. The molecule has 0 amide bonds. The molecule has 1 atom stereocenters. The predicted molar refractivity (Wildman–Crippen MR) is 77.3 cm³/mol. The van der Waals surface area contributed by atoms with Crippen LogP contribution in [0.5, 0.6) is 0 Å². The van der Waals surface area contributed by atoms with E-state index in [0.717, 1.165) is 38.7 Å². The van der Waals surface area contributed by atoms with Crippen molar-refractivity contribution >= 4 is 8.80 Å². The van der Waals surface area contributed by atoms with Crippen molar-refractivity contribution in [1.82, 2.24) is 4.90 Å². The van der Waals surface area contributed by atoms with Crippen molar-refractivity contribution in [1.29, 1.82) is 0 Å². The van der Waals surface area contributed by atoms with E-state index in [1.54, 1.807) is 21.3 Å². The van der Waals surface area contributed by atoms with Gasteiger partial charge in [0.25, 0.3) is 0 Å². The molecule has 5 nitrogen and oxygen atoms in total. The SMILES string of the molecule is CCCCN(CCC[Si](OC)(OC)OC)CC1CO1. The van der Waals surface area contributed by atoms with Crippen LogP contribution in [-0.4, -0.2) is 67.4 Å². The topological polar surface area (TPSA) is 43.5 Å². The average molecular weight is 291 g/mol. The molecule has 0 radical (unpaired) electrons. The first kappa shape index (κ1) is 17.1. The molecule has 1 fully saturated rings. The van der Waals surface area contributed by atoms with Crippen LogP contribution in [0.3, 0.4) is 0 Å². The molecule has 1 aliphatic heterocycles. The lowest BCUT2D eigenvalue weighted by Crippen LogP contribution is -2.43. The summed E-state index contributed by atoms with van der Waals surface area (Å²) in [5, 5.41) is 0. The van der Waals surface area contributed by atoms with Gasteiger partial charge in [-0.1, -0.05) is 13.3 Å². The van der Waals surface area contributed by atoms with Crippen LogP contribution in [0.25, 0.3) is 0 Å². The van der Waals surface area contributed by atoms with Crippen molar-refractivity contribution in [3.05, 3.63) is 0 Å². The zero-order valence-electron chi connectivity index (χ0n) is 12.8. The first-order valence-electron chi connectivity index (χ1n) is 7.19. The van der Waals surface area contributed by atoms with Crippen molar-refractivity contribution in [2.45, 2.75) is 38.3 Å². The minimum Gasteiger partial charge on any atom is -0.377 e. The summed E-state index contributed by atoms with van der Waals surface area (Å²) < 4.78 is 21.7. The fourth-order valence-corrected chi connectivity index (χ4v) is 3.92. The summed E-state index contributed by atoms with van der Waals surface area (Å²) in [7, 11) is 2.62. The van der Waals surface area contributed by atoms with E-state index in [-0.39, 0.29) is 0 Å². The molecule has 1 rings (SSSR count). The summed E-state index contributed by atoms with van der Waals surface area (Å²) >= 11 is 0. The molecule has 1 saturated heterocycles. The van der Waals surface area contributed by atoms with Gasteiger partial charge in [0.1, 0.15) is 0 Å². The Morgan fingerprint density at radius 3 is 2.16 bits per heavy atom. The van der Waals surface area contributed by atoms with E-state index in [2.05, 4.69) is 11.8 Å². The summed E-state index contributed by atoms with van der Waals surface area (Å²) in [6.45, 7) is 6.42. The van der Waals surface area contributed by atoms with Gasteiger partial charge in [0.2, 0.25) is 0 Å². The fraction of sp³-hybridized carbons (Fsp3) is 1.00. The van der Waals surface area contributed by atoms with Gasteiger partial charge in [-0.15, -0.1) is 0 Å². The summed E-state index contributed by atoms with van der Waals surface area (Å²) in [6.07, 6.45) is 3.98. The van der Waals surface area contributed by atoms with Crippen molar-refractivity contribution in [2.24, 2.45) is 0 Å². The van der Waals surface area contributed by atoms with E-state index < -0.39 is 8.80 Å². The lowest BCUT2D eigenvalue weighted by atomic mass is 10.3. The fourth-order valence-electron chi connectivity index (χ4n) is 2.21. The molecule has 19 heavy (non-hydrogen) atoms. The highest BCUT2D eigenvalue weighted by Gasteiger charge is 2.37. The second-order valence-electron chi connectivity index (χ2n) is 5.01. The van der Waals surface area contributed by atoms with Crippen molar-refractivity contribution in [2.75, 3.05) is 47.6 Å². The molecule has 0 aromatic heterocycles. The molecule has 6 heteroatoms. The Labute approximate surface area is 118 Å². The van der Waals surface area contributed by atoms with E-state index in [0.29, 0.717) is 6.10 Å². The van der Waals surface area contributed by atoms with Crippen LogP contribution in [-0.2, 0) is 18.0 Å². The molecule has 0 spiro atoms. The van der Waals surface area contributed by atoms with Gasteiger partial charge in [-0.3, -0.25) is 0 Å². The maximum atomic E-state index is 5.44. The van der Waals surface area contributed by atoms with E-state index >= 15 is 0 Å². The quantitative estimate of drug-likeness (QED) is 0.405. The van der Waals surface area contributed by atoms with Gasteiger partial charge >= 0.3 is 8.80 Å². The van der Waals surface area contributed by atoms with Gasteiger partial charge in [0.15, 0.2) is 0 Å². The third kappa shape index (κ3) is 6.33. The number of hydrogen-bond acceptors (Lipinski definition) is 5. The molecule has 1 aliphatic rings. The Morgan fingerprint density at radius 1 is 1.11 bits per heavy atom. The maximum absolute atomic E-state index is 5.44. The monoisotopic (exact) mass is 291 g/mol. The lowest BCUT2D eigenvalue weighted by Gasteiger charge is -2.26. The largest absolute Gasteiger partial charge is 0.500 e. The van der Waals surface area contributed by atoms with Gasteiger partial charge in [-0.25, -0.2) is 0 Å². The van der Waals surface area contributed by atoms with E-state index in [1.807, 2.05) is 0 Å². The molecule has 0 N–H and O–H groups in total. The van der Waals surface area contributed by atoms with Gasteiger partial charge in [0.05, 0.1) is 12.7 Å². The van der Waals surface area contributed by atoms with Crippen molar-refractivity contribution in [3.63, 3.8) is 0 Å². The molecule has 0 saturated carbocycles. The Bertz CT molecular complexity index is 226. The average Bonchev–Trinajstić information content (AvgIpc) is 3.25. The number of nitrogens with zero attached hydrogens (tertiary/aromatic N) is 1. The Hall–Kier alpha value is 0.0169. The van der Waals surface area contributed by atoms with Crippen LogP contribution in [0.15, 0.2) is 0 Å². The van der Waals surface area contributed by atoms with Crippen LogP contribution < -0.4 is 0 Å². The minimum atomic E-state index is -2.40. The highest BCUT2D eigenvalue weighted by molar-refractivity contribution is 6.60. The lowest BCUT2D eigenvalue weighted by molar-refractivity contribution is 0.121. The van der Waals surface area contributed by atoms with Crippen LogP contribution in [0.4, 0.5) is 0 Å². The van der Waals surface area contributed by atoms with Gasteiger partial charge in [0, 0.05) is 33.9 Å². The molecule has 1 unspecified atom stereocenters. The predicted octanol–water partition coefficient (Wildman–Crippen LogP) is 1.76. The summed E-state index contributed by atoms with van der Waals surface area (Å²) in [6, 6.07) is 0.866. The van der Waals surface area contributed by atoms with Gasteiger partial charge in [-0.05, 0) is 25.9 Å². The minimum absolute atomic E-state index is 0.464. The molecule has 0 aromatic rings. The Kier molecular flexibility index (Phi) is 8.13. The number of unbranched alkanes of at least 4 members (excludes halogenated alkanes) is 1. The van der Waals surface area contributed by atoms with Crippen molar-refractivity contribution < 1.29 is 18.0 Å². The number of epoxide rings is 1. The number of ether oxygens (including phenoxy) is 1. The third-order valence-corrected chi connectivity index (χ3v) is 6.41. The zero-order chi connectivity index (χ0) is 14.1. The van der Waals surface area contributed by atoms with Crippen LogP contribution in [0.2, 0.25) is 6.04 Å². The molecule has 1 heterocycles. The number of hydrogen-bond donors (Lipinski definition) is 0. The first-order chi connectivity index (χ1) is 9.19. The highest BCUT2D eigenvalue weighted by atomic mass is 28.4. The normalized spacial score (nSPS) is 19.1. The van der Waals surface area contributed by atoms with Crippen molar-refractivity contribution in [3.8, 4) is 0 Å². The summed E-state index contributed by atoms with van der Waals surface area (Å²) in [4.78, 5) is 2.49. The molecule has 0 aliphatic carbocycles. The second-order valence-corrected chi connectivity index (χ2v) is 8.10. The third-order valence-electron chi connectivity index (χ3n) is 3.58. The Morgan fingerprint density at radius 2 is 1.68 bits per heavy atom. The molecular formula is C13H29NO4Si. The van der Waals surface area contributed by atoms with Gasteiger partial charge < -0.3 is 22.9 Å². The van der Waals surface area contributed by atoms with Gasteiger partial charge in [-0.2, -0.15) is 0 Å². The smallest absolute Gasteiger partial charge is 0.377 e. The summed E-state index contributed by atoms with van der Waals surface area (Å²) in [5.74, 6) is 0. The van der Waals surface area contributed by atoms with Crippen LogP contribution in [0.1, 0.15) is 26.2 Å². The standard InChI is InChI=1S/C13H29NO4Si/c1-5-6-8-14(11-13-12-18-13)9-7-10-19(15-2,16-3)17-4/h13H,5-12H2,1-4H3. The zero-order valence-corrected chi connectivity index (χ0v) is 13.8. The first-order valence-corrected chi connectivity index (χ1v) is 9.12. The van der Waals surface area contributed by atoms with Crippen LogP contribution in [0, 0.1) is 0 Å². The summed E-state index contributed by atoms with van der Waals surface area (Å²) in [5.41, 5.74) is 0. The molecule has 0 aromatic carbocycles. The highest BCUT2D eigenvalue weighted by Crippen LogP contribution is 2.17. The van der Waals surface area contributed by atoms with Crippen LogP contribution >= 0.6 is 0 Å². The number of rotatable bonds is 12. The second kappa shape index (κ2) is 9.04. The molecular weight excluding hydrogens is 262 g/mol. The van der Waals surface area contributed by atoms with E-state index in [9.17, 15) is 0 Å². The van der Waals surface area contributed by atoms with E-state index in [1.165, 1.54) is 12.8 Å². The molecule has 114 valence electrons.